The summed E-state index contributed by atoms with van der Waals surface area (Å²) in [6.07, 6.45) is 1.02. The lowest BCUT2D eigenvalue weighted by Gasteiger charge is -2.13. The van der Waals surface area contributed by atoms with Crippen molar-refractivity contribution < 1.29 is 0 Å². The van der Waals surface area contributed by atoms with Gasteiger partial charge in [0, 0.05) is 54.4 Å². The Morgan fingerprint density at radius 2 is 0.455 bits per heavy atom. The number of aromatic nitrogens is 3. The van der Waals surface area contributed by atoms with Crippen LogP contribution in [0.5, 0.6) is 0 Å². The Bertz CT molecular complexity index is 6750. The summed E-state index contributed by atoms with van der Waals surface area (Å²) < 4.78 is 7.22. The normalized spacial score (nSPS) is 12.0. The fraction of sp³-hybridized carbons (Fsp3) is 0.0103. The lowest BCUT2D eigenvalue weighted by molar-refractivity contribution is 1.15. The van der Waals surface area contributed by atoms with Crippen molar-refractivity contribution in [2.45, 2.75) is 6.42 Å². The highest BCUT2D eigenvalue weighted by molar-refractivity contribution is 6.31. The average Bonchev–Trinajstić information content (AvgIpc) is 1.51. The molecular formula is C97H62ClN3. The number of benzene rings is 18. The third-order valence-corrected chi connectivity index (χ3v) is 21.5. The first-order chi connectivity index (χ1) is 50.0. The van der Waals surface area contributed by atoms with Gasteiger partial charge in [-0.2, -0.15) is 0 Å². The van der Waals surface area contributed by atoms with Crippen LogP contribution in [0.4, 0.5) is 0 Å². The molecule has 472 valence electrons. The fourth-order valence-corrected chi connectivity index (χ4v) is 16.8. The highest BCUT2D eigenvalue weighted by Crippen LogP contribution is 2.44. The van der Waals surface area contributed by atoms with Crippen LogP contribution in [0, 0.1) is 0 Å². The highest BCUT2D eigenvalue weighted by Gasteiger charge is 2.22. The molecule has 0 fully saturated rings. The zero-order valence-corrected chi connectivity index (χ0v) is 55.8. The minimum atomic E-state index is 0.765. The molecule has 0 saturated carbocycles. The Hall–Kier alpha value is -12.8. The van der Waals surface area contributed by atoms with E-state index in [1.54, 1.807) is 0 Å². The molecule has 18 aromatic carbocycles. The van der Waals surface area contributed by atoms with E-state index in [9.17, 15) is 0 Å². The number of hydrogen-bond acceptors (Lipinski definition) is 0. The molecule has 21 aromatic rings. The molecule has 3 aromatic heterocycles. The van der Waals surface area contributed by atoms with E-state index in [2.05, 4.69) is 366 Å². The van der Waals surface area contributed by atoms with Crippen molar-refractivity contribution in [1.29, 1.82) is 0 Å². The minimum Gasteiger partial charge on any atom is -0.309 e. The number of rotatable bonds is 5. The average molecular weight is 1310 g/mol. The number of nitrogens with zero attached hydrogens (tertiary/aromatic N) is 3. The van der Waals surface area contributed by atoms with E-state index >= 15 is 0 Å². The Balaban J connectivity index is 0.000000113. The quantitative estimate of drug-likeness (QED) is 0.153. The molecule has 0 amide bonds. The van der Waals surface area contributed by atoms with Crippen molar-refractivity contribution in [3.05, 3.63) is 380 Å². The van der Waals surface area contributed by atoms with Crippen LogP contribution in [-0.4, -0.2) is 13.7 Å². The van der Waals surface area contributed by atoms with Gasteiger partial charge in [0.1, 0.15) is 0 Å². The molecule has 1 aliphatic carbocycles. The van der Waals surface area contributed by atoms with E-state index in [1.165, 1.54) is 180 Å². The predicted octanol–water partition coefficient (Wildman–Crippen LogP) is 26.8. The van der Waals surface area contributed by atoms with Crippen LogP contribution in [0.15, 0.2) is 364 Å². The van der Waals surface area contributed by atoms with Crippen molar-refractivity contribution in [2.75, 3.05) is 0 Å². The first-order valence-corrected chi connectivity index (χ1v) is 35.2. The van der Waals surface area contributed by atoms with E-state index in [0.717, 1.165) is 22.8 Å². The van der Waals surface area contributed by atoms with Gasteiger partial charge in [0.15, 0.2) is 0 Å². The SMILES string of the molecule is Clc1ccc(-c2ccc3c4ccccc4c4ccccc4c3c2)cc1.c1ccc2c(c1)Cc1cc(-n3c4ccccc4c4ccccc43)ccc1-2.c1ccc2c(c1)c1ccccc1c1cc(-c3ccc(-n4c5ccccc5c5ccc(-n6c7ccccc7c7ccccc76)cc54)cc3)ccc21. The molecule has 1 aliphatic rings. The maximum atomic E-state index is 6.04. The van der Waals surface area contributed by atoms with E-state index in [0.29, 0.717) is 0 Å². The lowest BCUT2D eigenvalue weighted by atomic mass is 9.92. The summed E-state index contributed by atoms with van der Waals surface area (Å²) in [6.45, 7) is 0. The maximum Gasteiger partial charge on any atom is 0.0561 e. The molecule has 101 heavy (non-hydrogen) atoms. The van der Waals surface area contributed by atoms with E-state index in [4.69, 9.17) is 11.6 Å². The van der Waals surface area contributed by atoms with Gasteiger partial charge in [0.2, 0.25) is 0 Å². The van der Waals surface area contributed by atoms with Crippen molar-refractivity contribution in [2.24, 2.45) is 0 Å². The first kappa shape index (κ1) is 58.4. The topological polar surface area (TPSA) is 14.8 Å². The summed E-state index contributed by atoms with van der Waals surface area (Å²) in [7, 11) is 0. The van der Waals surface area contributed by atoms with Gasteiger partial charge in [-0.1, -0.05) is 285 Å². The second-order valence-electron chi connectivity index (χ2n) is 26.7. The van der Waals surface area contributed by atoms with Gasteiger partial charge in [-0.3, -0.25) is 0 Å². The molecule has 0 saturated heterocycles. The molecule has 0 atom stereocenters. The van der Waals surface area contributed by atoms with Gasteiger partial charge in [-0.15, -0.1) is 0 Å². The summed E-state index contributed by atoms with van der Waals surface area (Å²) in [5.74, 6) is 0. The van der Waals surface area contributed by atoms with Crippen LogP contribution in [0.2, 0.25) is 5.02 Å². The van der Waals surface area contributed by atoms with Crippen molar-refractivity contribution in [3.63, 3.8) is 0 Å². The summed E-state index contributed by atoms with van der Waals surface area (Å²) >= 11 is 6.04. The molecule has 0 radical (unpaired) electrons. The van der Waals surface area contributed by atoms with Gasteiger partial charge in [0.25, 0.3) is 0 Å². The molecular weight excluding hydrogens is 1240 g/mol. The van der Waals surface area contributed by atoms with Gasteiger partial charge in [-0.05, 0) is 207 Å². The second kappa shape index (κ2) is 23.7. The lowest BCUT2D eigenvalue weighted by Crippen LogP contribution is -1.97. The standard InChI is InChI=1S/C48H30N2.C25H17N.C24H15Cl/c1-2-13-37-35(11-1)36-12-3-4-14-38(36)44-29-32(23-27-39(37)44)31-21-24-33(25-22-31)49-45-18-8-7-17-42(45)43-28-26-34(30-48(43)49)50-46-19-9-5-15-40(46)41-16-6-10-20-47(41)50;1-2-8-20-17(7-1)15-18-16-19(13-14-21(18)20)26-24-11-5-3-9-22(24)23-10-4-6-12-25(23)26;25-18-12-9-16(10-13-18)17-11-14-23-21-7-2-1-5-19(21)20-6-3-4-8-22(20)24(23)15-17/h1-30H;1-14,16H,15H2;1-15H. The van der Waals surface area contributed by atoms with Crippen LogP contribution in [-0.2, 0) is 6.42 Å². The third-order valence-electron chi connectivity index (χ3n) is 21.2. The van der Waals surface area contributed by atoms with Gasteiger partial charge in [-0.25, -0.2) is 0 Å². The number of fused-ring (bicyclic) bond motifs is 24. The highest BCUT2D eigenvalue weighted by atomic mass is 35.5. The van der Waals surface area contributed by atoms with E-state index in [-0.39, 0.29) is 0 Å². The largest absolute Gasteiger partial charge is 0.309 e. The number of para-hydroxylation sites is 5. The first-order valence-electron chi connectivity index (χ1n) is 34.8. The van der Waals surface area contributed by atoms with Gasteiger partial charge in [0.05, 0.1) is 33.1 Å². The minimum absolute atomic E-state index is 0.765. The molecule has 0 N–H and O–H groups in total. The maximum absolute atomic E-state index is 6.04. The Morgan fingerprint density at radius 1 is 0.178 bits per heavy atom. The van der Waals surface area contributed by atoms with Crippen molar-refractivity contribution in [1.82, 2.24) is 13.7 Å². The molecule has 3 nitrogen and oxygen atoms in total. The van der Waals surface area contributed by atoms with Crippen LogP contribution in [0.3, 0.4) is 0 Å². The summed E-state index contributed by atoms with van der Waals surface area (Å²) in [4.78, 5) is 0. The third kappa shape index (κ3) is 9.57. The predicted molar refractivity (Wildman–Crippen MR) is 432 cm³/mol. The van der Waals surface area contributed by atoms with Gasteiger partial charge >= 0.3 is 0 Å². The monoisotopic (exact) mass is 1300 g/mol. The summed E-state index contributed by atoms with van der Waals surface area (Å²) in [5.41, 5.74) is 21.4. The zero-order chi connectivity index (χ0) is 66.7. The van der Waals surface area contributed by atoms with Crippen molar-refractivity contribution in [3.8, 4) is 50.4 Å². The fourth-order valence-electron chi connectivity index (χ4n) is 16.7. The molecule has 0 spiro atoms. The molecule has 0 bridgehead atoms. The van der Waals surface area contributed by atoms with Crippen LogP contribution in [0.1, 0.15) is 11.1 Å². The number of hydrogen-bond donors (Lipinski definition) is 0. The van der Waals surface area contributed by atoms with Crippen LogP contribution in [0.25, 0.3) is 180 Å². The van der Waals surface area contributed by atoms with Gasteiger partial charge < -0.3 is 13.7 Å². The van der Waals surface area contributed by atoms with Crippen LogP contribution < -0.4 is 0 Å². The zero-order valence-electron chi connectivity index (χ0n) is 55.1. The Morgan fingerprint density at radius 3 is 0.881 bits per heavy atom. The van der Waals surface area contributed by atoms with E-state index in [1.807, 2.05) is 12.1 Å². The molecule has 22 rings (SSSR count). The molecule has 4 heteroatoms. The Labute approximate surface area is 588 Å². The van der Waals surface area contributed by atoms with E-state index < -0.39 is 0 Å². The smallest absolute Gasteiger partial charge is 0.0561 e. The Kier molecular flexibility index (Phi) is 13.7. The van der Waals surface area contributed by atoms with Crippen LogP contribution >= 0.6 is 11.6 Å². The summed E-state index contributed by atoms with van der Waals surface area (Å²) in [6, 6.07) is 132. The molecule has 3 heterocycles. The number of halogens is 1. The summed E-state index contributed by atoms with van der Waals surface area (Å²) in [5, 5.41) is 24.0. The molecule has 0 aliphatic heterocycles. The molecule has 0 unspecified atom stereocenters. The second-order valence-corrected chi connectivity index (χ2v) is 27.2. The van der Waals surface area contributed by atoms with Crippen molar-refractivity contribution >= 4 is 142 Å².